The number of aliphatic hydroxyl groups is 2. The van der Waals surface area contributed by atoms with Gasteiger partial charge in [-0.2, -0.15) is 0 Å². The summed E-state index contributed by atoms with van der Waals surface area (Å²) in [5.74, 6) is -0.833. The molecule has 4 nitrogen and oxygen atoms in total. The summed E-state index contributed by atoms with van der Waals surface area (Å²) in [6.45, 7) is 0.833. The van der Waals surface area contributed by atoms with E-state index in [0.29, 0.717) is 0 Å². The molecule has 0 aliphatic carbocycles. The van der Waals surface area contributed by atoms with E-state index in [2.05, 4.69) is 0 Å². The average molecular weight is 122 g/mol. The van der Waals surface area contributed by atoms with Crippen LogP contribution in [0.1, 0.15) is 6.92 Å². The van der Waals surface area contributed by atoms with Crippen LogP contribution in [0.25, 0.3) is 0 Å². The lowest BCUT2D eigenvalue weighted by Crippen LogP contribution is -1.85. The van der Waals surface area contributed by atoms with Crippen LogP contribution in [0, 0.1) is 0 Å². The number of carboxylic acid groups (broad SMARTS) is 1. The second-order valence-corrected chi connectivity index (χ2v) is 0.966. The Hall–Kier alpha value is -0.610. The first-order valence-corrected chi connectivity index (χ1v) is 2.06. The Morgan fingerprint density at radius 3 is 1.50 bits per heavy atom. The molecule has 0 aliphatic rings. The minimum absolute atomic E-state index is 0.125. The molecule has 0 rings (SSSR count). The molecule has 0 bridgehead atoms. The van der Waals surface area contributed by atoms with Gasteiger partial charge in [0.15, 0.2) is 0 Å². The maximum absolute atomic E-state index is 9.00. The van der Waals surface area contributed by atoms with E-state index in [1.807, 2.05) is 0 Å². The zero-order valence-electron chi connectivity index (χ0n) is 4.66. The number of rotatable bonds is 1. The zero-order chi connectivity index (χ0) is 6.99. The maximum Gasteiger partial charge on any atom is 0.300 e. The van der Waals surface area contributed by atoms with Crippen molar-refractivity contribution in [3.05, 3.63) is 0 Å². The highest BCUT2D eigenvalue weighted by Crippen LogP contribution is 1.42. The van der Waals surface area contributed by atoms with Gasteiger partial charge in [0.2, 0.25) is 0 Å². The van der Waals surface area contributed by atoms with Crippen LogP contribution in [0.3, 0.4) is 0 Å². The van der Waals surface area contributed by atoms with Gasteiger partial charge in [0, 0.05) is 6.92 Å². The molecule has 50 valence electrons. The zero-order valence-corrected chi connectivity index (χ0v) is 4.66. The topological polar surface area (TPSA) is 77.8 Å². The normalized spacial score (nSPS) is 6.88. The van der Waals surface area contributed by atoms with Crippen molar-refractivity contribution in [1.29, 1.82) is 0 Å². The molecule has 0 fully saturated rings. The van der Waals surface area contributed by atoms with Crippen LogP contribution in [-0.2, 0) is 4.79 Å². The Morgan fingerprint density at radius 1 is 1.38 bits per heavy atom. The molecule has 0 saturated heterocycles. The highest BCUT2D eigenvalue weighted by atomic mass is 16.4. The molecule has 0 aromatic carbocycles. The highest BCUT2D eigenvalue weighted by molar-refractivity contribution is 5.62. The van der Waals surface area contributed by atoms with Gasteiger partial charge in [-0.1, -0.05) is 0 Å². The van der Waals surface area contributed by atoms with Gasteiger partial charge in [-0.05, 0) is 0 Å². The second-order valence-electron chi connectivity index (χ2n) is 0.966. The first-order valence-electron chi connectivity index (χ1n) is 2.06. The van der Waals surface area contributed by atoms with Crippen LogP contribution in [0.2, 0.25) is 0 Å². The van der Waals surface area contributed by atoms with Crippen molar-refractivity contribution in [2.24, 2.45) is 0 Å². The van der Waals surface area contributed by atoms with Gasteiger partial charge in [-0.3, -0.25) is 4.79 Å². The fraction of sp³-hybridized carbons (Fsp3) is 0.750. The SMILES string of the molecule is CC(=O)O.OCCO. The van der Waals surface area contributed by atoms with E-state index in [0.717, 1.165) is 6.92 Å². The molecular formula is C4H10O4. The molecule has 3 N–H and O–H groups in total. The van der Waals surface area contributed by atoms with Crippen molar-refractivity contribution < 1.29 is 20.1 Å². The van der Waals surface area contributed by atoms with Crippen LogP contribution in [0.5, 0.6) is 0 Å². The molecule has 0 atom stereocenters. The van der Waals surface area contributed by atoms with Gasteiger partial charge >= 0.3 is 0 Å². The van der Waals surface area contributed by atoms with Crippen molar-refractivity contribution >= 4 is 5.97 Å². The highest BCUT2D eigenvalue weighted by Gasteiger charge is 1.65. The third-order valence-corrected chi connectivity index (χ3v) is 0.1000. The van der Waals surface area contributed by atoms with E-state index >= 15 is 0 Å². The molecule has 0 saturated carbocycles. The minimum Gasteiger partial charge on any atom is -0.481 e. The lowest BCUT2D eigenvalue weighted by atomic mass is 10.8. The summed E-state index contributed by atoms with van der Waals surface area (Å²) in [6, 6.07) is 0. The Kier molecular flexibility index (Phi) is 12.5. The summed E-state index contributed by atoms with van der Waals surface area (Å²) in [7, 11) is 0. The monoisotopic (exact) mass is 122 g/mol. The van der Waals surface area contributed by atoms with Crippen molar-refractivity contribution in [2.45, 2.75) is 6.92 Å². The fourth-order valence-electron chi connectivity index (χ4n) is 0. The summed E-state index contributed by atoms with van der Waals surface area (Å²) >= 11 is 0. The van der Waals surface area contributed by atoms with E-state index in [1.54, 1.807) is 0 Å². The van der Waals surface area contributed by atoms with E-state index < -0.39 is 5.97 Å². The Balaban J connectivity index is 0. The predicted molar refractivity (Wildman–Crippen MR) is 27.5 cm³/mol. The van der Waals surface area contributed by atoms with Gasteiger partial charge in [0.25, 0.3) is 5.97 Å². The first-order chi connectivity index (χ1) is 3.65. The van der Waals surface area contributed by atoms with Gasteiger partial charge in [-0.15, -0.1) is 0 Å². The Bertz CT molecular complexity index is 46.0. The third kappa shape index (κ3) is 683. The van der Waals surface area contributed by atoms with Crippen molar-refractivity contribution in [2.75, 3.05) is 13.2 Å². The number of carbonyl (C=O) groups is 1. The molecule has 0 amide bonds. The third-order valence-electron chi connectivity index (χ3n) is 0.1000. The van der Waals surface area contributed by atoms with Gasteiger partial charge < -0.3 is 15.3 Å². The van der Waals surface area contributed by atoms with E-state index in [1.165, 1.54) is 0 Å². The fourth-order valence-corrected chi connectivity index (χ4v) is 0. The average Bonchev–Trinajstić information content (AvgIpc) is 1.65. The predicted octanol–water partition coefficient (Wildman–Crippen LogP) is -0.938. The number of carboxylic acids is 1. The molecule has 0 aliphatic heterocycles. The minimum atomic E-state index is -0.833. The summed E-state index contributed by atoms with van der Waals surface area (Å²) < 4.78 is 0. The molecule has 0 heterocycles. The lowest BCUT2D eigenvalue weighted by molar-refractivity contribution is -0.134. The maximum atomic E-state index is 9.00. The van der Waals surface area contributed by atoms with Crippen LogP contribution < -0.4 is 0 Å². The number of hydrogen-bond donors (Lipinski definition) is 3. The smallest absolute Gasteiger partial charge is 0.300 e. The van der Waals surface area contributed by atoms with Gasteiger partial charge in [0.1, 0.15) is 0 Å². The van der Waals surface area contributed by atoms with Crippen LogP contribution >= 0.6 is 0 Å². The standard InChI is InChI=1S/C2H4O2.C2H6O2/c1-2(3)4;3-1-2-4/h1H3,(H,3,4);3-4H,1-2H2. The number of hydrogen-bond acceptors (Lipinski definition) is 3. The molecule has 0 aromatic heterocycles. The van der Waals surface area contributed by atoms with Crippen molar-refractivity contribution in [3.8, 4) is 0 Å². The van der Waals surface area contributed by atoms with E-state index in [-0.39, 0.29) is 13.2 Å². The van der Waals surface area contributed by atoms with Gasteiger partial charge in [0.05, 0.1) is 13.2 Å². The molecule has 8 heavy (non-hydrogen) atoms. The summed E-state index contributed by atoms with van der Waals surface area (Å²) in [6.07, 6.45) is 0. The van der Waals surface area contributed by atoms with Crippen molar-refractivity contribution in [1.82, 2.24) is 0 Å². The molecular weight excluding hydrogens is 112 g/mol. The first kappa shape index (κ1) is 10.4. The molecule has 0 spiro atoms. The Labute approximate surface area is 47.4 Å². The van der Waals surface area contributed by atoms with Crippen LogP contribution in [0.15, 0.2) is 0 Å². The van der Waals surface area contributed by atoms with E-state index in [4.69, 9.17) is 20.1 Å². The molecule has 4 heteroatoms. The molecule has 0 aromatic rings. The quantitative estimate of drug-likeness (QED) is 0.419. The van der Waals surface area contributed by atoms with Crippen molar-refractivity contribution in [3.63, 3.8) is 0 Å². The largest absolute Gasteiger partial charge is 0.481 e. The summed E-state index contributed by atoms with van der Waals surface area (Å²) in [5.41, 5.74) is 0. The number of aliphatic hydroxyl groups excluding tert-OH is 2. The lowest BCUT2D eigenvalue weighted by Gasteiger charge is -1.70. The molecule has 0 unspecified atom stereocenters. The Morgan fingerprint density at radius 2 is 1.50 bits per heavy atom. The second kappa shape index (κ2) is 9.63. The van der Waals surface area contributed by atoms with Crippen LogP contribution in [-0.4, -0.2) is 34.5 Å². The summed E-state index contributed by atoms with van der Waals surface area (Å²) in [4.78, 5) is 9.00. The van der Waals surface area contributed by atoms with Crippen LogP contribution in [0.4, 0.5) is 0 Å². The van der Waals surface area contributed by atoms with Gasteiger partial charge in [-0.25, -0.2) is 0 Å². The van der Waals surface area contributed by atoms with E-state index in [9.17, 15) is 0 Å². The number of aliphatic carboxylic acids is 1. The molecule has 0 radical (unpaired) electrons. The summed E-state index contributed by atoms with van der Waals surface area (Å²) in [5, 5.41) is 22.7.